The molecule has 122 valence electrons. The summed E-state index contributed by atoms with van der Waals surface area (Å²) in [5.74, 6) is -1.57. The lowest BCUT2D eigenvalue weighted by Crippen LogP contribution is -2.56. The number of halogens is 3. The summed E-state index contributed by atoms with van der Waals surface area (Å²) in [5.41, 5.74) is 0. The lowest BCUT2D eigenvalue weighted by atomic mass is 10.2. The molecule has 0 unspecified atom stereocenters. The average Bonchev–Trinajstić information content (AvgIpc) is 2.43. The van der Waals surface area contributed by atoms with Crippen LogP contribution in [-0.2, 0) is 10.0 Å². The molecule has 0 bridgehead atoms. The summed E-state index contributed by atoms with van der Waals surface area (Å²) in [5, 5.41) is 0. The van der Waals surface area contributed by atoms with Crippen LogP contribution in [0.1, 0.15) is 0 Å². The SMILES string of the molecule is O=S(=O)(c1ccc(F)cc1F)N1CC(Oc2ncccc2Br)C1. The van der Waals surface area contributed by atoms with Crippen molar-refractivity contribution >= 4 is 26.0 Å². The molecule has 0 spiro atoms. The van der Waals surface area contributed by atoms with Crippen molar-refractivity contribution in [2.75, 3.05) is 13.1 Å². The zero-order chi connectivity index (χ0) is 16.6. The van der Waals surface area contributed by atoms with Crippen molar-refractivity contribution < 1.29 is 21.9 Å². The Hall–Kier alpha value is -1.58. The van der Waals surface area contributed by atoms with Crippen LogP contribution in [0.3, 0.4) is 0 Å². The van der Waals surface area contributed by atoms with Gasteiger partial charge in [0.25, 0.3) is 0 Å². The van der Waals surface area contributed by atoms with Gasteiger partial charge in [0, 0.05) is 12.3 Å². The first kappa shape index (κ1) is 16.3. The molecule has 2 aromatic rings. The van der Waals surface area contributed by atoms with E-state index in [0.717, 1.165) is 16.4 Å². The minimum absolute atomic E-state index is 0.0716. The zero-order valence-electron chi connectivity index (χ0n) is 11.6. The van der Waals surface area contributed by atoms with Crippen LogP contribution in [0.4, 0.5) is 8.78 Å². The Labute approximate surface area is 140 Å². The van der Waals surface area contributed by atoms with Gasteiger partial charge in [-0.2, -0.15) is 4.31 Å². The highest BCUT2D eigenvalue weighted by molar-refractivity contribution is 9.10. The fourth-order valence-electron chi connectivity index (χ4n) is 2.11. The Bertz CT molecular complexity index is 842. The largest absolute Gasteiger partial charge is 0.471 e. The molecular weight excluding hydrogens is 394 g/mol. The molecule has 1 aliphatic rings. The van der Waals surface area contributed by atoms with E-state index in [0.29, 0.717) is 16.4 Å². The molecule has 23 heavy (non-hydrogen) atoms. The van der Waals surface area contributed by atoms with E-state index >= 15 is 0 Å². The van der Waals surface area contributed by atoms with Crippen LogP contribution in [0.15, 0.2) is 45.9 Å². The Morgan fingerprint density at radius 3 is 2.65 bits per heavy atom. The molecule has 3 rings (SSSR count). The van der Waals surface area contributed by atoms with Gasteiger partial charge >= 0.3 is 0 Å². The third kappa shape index (κ3) is 3.22. The number of nitrogens with zero attached hydrogens (tertiary/aromatic N) is 2. The van der Waals surface area contributed by atoms with Crippen LogP contribution in [0.2, 0.25) is 0 Å². The van der Waals surface area contributed by atoms with E-state index in [-0.39, 0.29) is 19.2 Å². The van der Waals surface area contributed by atoms with E-state index in [1.807, 2.05) is 0 Å². The molecule has 1 fully saturated rings. The summed E-state index contributed by atoms with van der Waals surface area (Å²) >= 11 is 3.28. The number of benzene rings is 1. The standard InChI is InChI=1S/C14H11BrF2N2O3S/c15-11-2-1-5-18-14(11)22-10-7-19(8-10)23(20,21)13-4-3-9(16)6-12(13)17/h1-6,10H,7-8H2. The average molecular weight is 405 g/mol. The van der Waals surface area contributed by atoms with E-state index in [4.69, 9.17) is 4.74 Å². The predicted octanol–water partition coefficient (Wildman–Crippen LogP) is 2.57. The lowest BCUT2D eigenvalue weighted by molar-refractivity contribution is 0.0712. The summed E-state index contributed by atoms with van der Waals surface area (Å²) < 4.78 is 58.5. The first-order valence-corrected chi connectivity index (χ1v) is 8.83. The minimum atomic E-state index is -4.01. The molecule has 2 heterocycles. The molecular formula is C14H11BrF2N2O3S. The van der Waals surface area contributed by atoms with Gasteiger partial charge < -0.3 is 4.74 Å². The zero-order valence-corrected chi connectivity index (χ0v) is 14.0. The lowest BCUT2D eigenvalue weighted by Gasteiger charge is -2.37. The second-order valence-electron chi connectivity index (χ2n) is 4.93. The van der Waals surface area contributed by atoms with Gasteiger partial charge in [-0.3, -0.25) is 0 Å². The van der Waals surface area contributed by atoms with Gasteiger partial charge in [0.15, 0.2) is 0 Å². The Morgan fingerprint density at radius 2 is 2.00 bits per heavy atom. The van der Waals surface area contributed by atoms with Gasteiger partial charge in [0.05, 0.1) is 17.6 Å². The summed E-state index contributed by atoms with van der Waals surface area (Å²) in [6.45, 7) is 0.143. The van der Waals surface area contributed by atoms with Crippen molar-refractivity contribution in [3.05, 3.63) is 52.6 Å². The highest BCUT2D eigenvalue weighted by Gasteiger charge is 2.39. The summed E-state index contributed by atoms with van der Waals surface area (Å²) in [4.78, 5) is 3.49. The maximum absolute atomic E-state index is 13.7. The first-order chi connectivity index (χ1) is 10.9. The van der Waals surface area contributed by atoms with E-state index in [1.165, 1.54) is 0 Å². The maximum Gasteiger partial charge on any atom is 0.246 e. The Balaban J connectivity index is 1.70. The molecule has 0 amide bonds. The highest BCUT2D eigenvalue weighted by atomic mass is 79.9. The van der Waals surface area contributed by atoms with Crippen molar-refractivity contribution in [1.82, 2.24) is 9.29 Å². The van der Waals surface area contributed by atoms with Crippen molar-refractivity contribution in [1.29, 1.82) is 0 Å². The molecule has 5 nitrogen and oxygen atoms in total. The fourth-order valence-corrected chi connectivity index (χ4v) is 4.01. The molecule has 0 aliphatic carbocycles. The molecule has 1 aromatic heterocycles. The summed E-state index contributed by atoms with van der Waals surface area (Å²) in [6.07, 6.45) is 1.18. The van der Waals surface area contributed by atoms with Crippen LogP contribution < -0.4 is 4.74 Å². The fraction of sp³-hybridized carbons (Fsp3) is 0.214. The van der Waals surface area contributed by atoms with E-state index < -0.39 is 26.6 Å². The van der Waals surface area contributed by atoms with Crippen LogP contribution >= 0.6 is 15.9 Å². The monoisotopic (exact) mass is 404 g/mol. The molecule has 0 N–H and O–H groups in total. The normalized spacial score (nSPS) is 16.1. The third-order valence-corrected chi connectivity index (χ3v) is 5.80. The van der Waals surface area contributed by atoms with Crippen LogP contribution in [0.5, 0.6) is 5.88 Å². The third-order valence-electron chi connectivity index (χ3n) is 3.33. The van der Waals surface area contributed by atoms with Gasteiger partial charge in [0.2, 0.25) is 15.9 Å². The molecule has 1 aliphatic heterocycles. The van der Waals surface area contributed by atoms with E-state index in [9.17, 15) is 17.2 Å². The number of rotatable bonds is 4. The quantitative estimate of drug-likeness (QED) is 0.785. The van der Waals surface area contributed by atoms with Gasteiger partial charge in [-0.1, -0.05) is 0 Å². The number of sulfonamides is 1. The van der Waals surface area contributed by atoms with Gasteiger partial charge in [-0.15, -0.1) is 0 Å². The van der Waals surface area contributed by atoms with Crippen LogP contribution in [0.25, 0.3) is 0 Å². The molecule has 0 saturated carbocycles. The minimum Gasteiger partial charge on any atom is -0.471 e. The summed E-state index contributed by atoms with van der Waals surface area (Å²) in [7, 11) is -4.01. The van der Waals surface area contributed by atoms with E-state index in [2.05, 4.69) is 20.9 Å². The highest BCUT2D eigenvalue weighted by Crippen LogP contribution is 2.28. The van der Waals surface area contributed by atoms with Crippen LogP contribution in [0, 0.1) is 11.6 Å². The number of hydrogen-bond donors (Lipinski definition) is 0. The van der Waals surface area contributed by atoms with Crippen LogP contribution in [-0.4, -0.2) is 36.9 Å². The maximum atomic E-state index is 13.7. The van der Waals surface area contributed by atoms with Gasteiger partial charge in [-0.25, -0.2) is 22.2 Å². The second kappa shape index (κ2) is 6.14. The van der Waals surface area contributed by atoms with Crippen molar-refractivity contribution in [3.8, 4) is 5.88 Å². The Kier molecular flexibility index (Phi) is 4.35. The molecule has 1 aromatic carbocycles. The summed E-state index contributed by atoms with van der Waals surface area (Å²) in [6, 6.07) is 5.86. The number of pyridine rings is 1. The van der Waals surface area contributed by atoms with Gasteiger partial charge in [-0.05, 0) is 40.2 Å². The Morgan fingerprint density at radius 1 is 1.26 bits per heavy atom. The number of hydrogen-bond acceptors (Lipinski definition) is 4. The molecule has 0 radical (unpaired) electrons. The first-order valence-electron chi connectivity index (χ1n) is 6.60. The van der Waals surface area contributed by atoms with Crippen molar-refractivity contribution in [3.63, 3.8) is 0 Å². The smallest absolute Gasteiger partial charge is 0.246 e. The topological polar surface area (TPSA) is 59.5 Å². The molecule has 0 atom stereocenters. The van der Waals surface area contributed by atoms with Gasteiger partial charge in [0.1, 0.15) is 22.6 Å². The number of ether oxygens (including phenoxy) is 1. The van der Waals surface area contributed by atoms with Crippen molar-refractivity contribution in [2.24, 2.45) is 0 Å². The van der Waals surface area contributed by atoms with E-state index in [1.54, 1.807) is 18.3 Å². The molecule has 1 saturated heterocycles. The predicted molar refractivity (Wildman–Crippen MR) is 81.5 cm³/mol. The molecule has 9 heteroatoms. The second-order valence-corrected chi connectivity index (χ2v) is 7.69. The number of aromatic nitrogens is 1. The van der Waals surface area contributed by atoms with Crippen molar-refractivity contribution in [2.45, 2.75) is 11.0 Å².